The van der Waals surface area contributed by atoms with Crippen LogP contribution in [0.1, 0.15) is 10.4 Å². The van der Waals surface area contributed by atoms with Crippen LogP contribution in [0.4, 0.5) is 0 Å². The second-order valence-corrected chi connectivity index (χ2v) is 3.31. The van der Waals surface area contributed by atoms with Crippen LogP contribution in [0, 0.1) is 0 Å². The average Bonchev–Trinajstić information content (AvgIpc) is 1.99. The minimum absolute atomic E-state index is 0.220. The zero-order valence-electron chi connectivity index (χ0n) is 5.77. The molecule has 0 saturated heterocycles. The third kappa shape index (κ3) is 1.83. The first kappa shape index (κ1) is 9.65. The van der Waals surface area contributed by atoms with Crippen LogP contribution in [-0.2, 0) is 0 Å². The summed E-state index contributed by atoms with van der Waals surface area (Å²) >= 11 is 16.9. The summed E-state index contributed by atoms with van der Waals surface area (Å²) in [6, 6.07) is 2.75. The van der Waals surface area contributed by atoms with E-state index in [1.54, 1.807) is 0 Å². The Morgan fingerprint density at radius 1 is 1.17 bits per heavy atom. The van der Waals surface area contributed by atoms with Crippen molar-refractivity contribution < 1.29 is 4.79 Å². The molecule has 0 aliphatic rings. The number of nitrogens with two attached hydrogens (primary N) is 1. The van der Waals surface area contributed by atoms with Gasteiger partial charge in [0.25, 0.3) is 0 Å². The van der Waals surface area contributed by atoms with E-state index in [0.29, 0.717) is 0 Å². The van der Waals surface area contributed by atoms with Crippen molar-refractivity contribution in [1.29, 1.82) is 0 Å². The molecule has 0 aromatic heterocycles. The molecule has 2 N–H and O–H groups in total. The first-order valence-corrected chi connectivity index (χ1v) is 4.10. The summed E-state index contributed by atoms with van der Waals surface area (Å²) in [5.41, 5.74) is 5.25. The van der Waals surface area contributed by atoms with Crippen molar-refractivity contribution in [2.75, 3.05) is 0 Å². The summed E-state index contributed by atoms with van der Waals surface area (Å²) in [7, 11) is 0. The van der Waals surface area contributed by atoms with Gasteiger partial charge in [-0.25, -0.2) is 0 Å². The third-order valence-electron chi connectivity index (χ3n) is 1.27. The quantitative estimate of drug-likeness (QED) is 0.732. The number of carbonyl (C=O) groups excluding carboxylic acids is 1. The maximum atomic E-state index is 10.7. The van der Waals surface area contributed by atoms with Crippen LogP contribution in [0.25, 0.3) is 0 Å². The van der Waals surface area contributed by atoms with Gasteiger partial charge in [0.2, 0.25) is 5.91 Å². The van der Waals surface area contributed by atoms with Gasteiger partial charge in [-0.05, 0) is 12.1 Å². The van der Waals surface area contributed by atoms with Gasteiger partial charge in [0.1, 0.15) is 0 Å². The van der Waals surface area contributed by atoms with Crippen LogP contribution >= 0.6 is 34.8 Å². The van der Waals surface area contributed by atoms with Gasteiger partial charge in [0.15, 0.2) is 0 Å². The Morgan fingerprint density at radius 3 is 1.92 bits per heavy atom. The molecule has 12 heavy (non-hydrogen) atoms. The smallest absolute Gasteiger partial charge is 0.248 e. The highest BCUT2D eigenvalue weighted by Gasteiger charge is 2.08. The molecule has 1 amide bonds. The zero-order valence-corrected chi connectivity index (χ0v) is 8.04. The van der Waals surface area contributed by atoms with E-state index >= 15 is 0 Å². The molecule has 0 aliphatic carbocycles. The Bertz CT molecular complexity index is 314. The number of carbonyl (C=O) groups is 1. The van der Waals surface area contributed by atoms with Crippen molar-refractivity contribution in [1.82, 2.24) is 0 Å². The van der Waals surface area contributed by atoms with Crippen molar-refractivity contribution in [2.24, 2.45) is 5.73 Å². The normalized spacial score (nSPS) is 9.92. The number of rotatable bonds is 1. The Balaban J connectivity index is 3.31. The summed E-state index contributed by atoms with van der Waals surface area (Å²) in [5, 5.41) is 0.666. The summed E-state index contributed by atoms with van der Waals surface area (Å²) < 4.78 is 0. The van der Waals surface area contributed by atoms with Gasteiger partial charge in [-0.1, -0.05) is 34.8 Å². The molecule has 0 atom stereocenters. The molecular weight excluding hydrogens is 220 g/mol. The lowest BCUT2D eigenvalue weighted by Gasteiger charge is -2.00. The van der Waals surface area contributed by atoms with Gasteiger partial charge in [-0.15, -0.1) is 0 Å². The standard InChI is InChI=1S/C7H4Cl3NO/c8-4-1-3(7(11)12)2-5(9)6(4)10/h1-2H,(H2,11,12). The van der Waals surface area contributed by atoms with Gasteiger partial charge < -0.3 is 5.73 Å². The largest absolute Gasteiger partial charge is 0.366 e. The predicted molar refractivity (Wildman–Crippen MR) is 50.0 cm³/mol. The number of primary amides is 1. The number of hydrogen-bond acceptors (Lipinski definition) is 1. The van der Waals surface area contributed by atoms with E-state index in [0.717, 1.165) is 0 Å². The zero-order chi connectivity index (χ0) is 9.30. The maximum Gasteiger partial charge on any atom is 0.248 e. The highest BCUT2D eigenvalue weighted by atomic mass is 35.5. The van der Waals surface area contributed by atoms with E-state index in [9.17, 15) is 4.79 Å². The molecule has 0 fully saturated rings. The SMILES string of the molecule is NC(=O)c1cc(Cl)c(Cl)c(Cl)c1. The minimum Gasteiger partial charge on any atom is -0.366 e. The first-order chi connectivity index (χ1) is 5.52. The topological polar surface area (TPSA) is 43.1 Å². The van der Waals surface area contributed by atoms with E-state index < -0.39 is 5.91 Å². The second-order valence-electron chi connectivity index (χ2n) is 2.12. The third-order valence-corrected chi connectivity index (χ3v) is 2.47. The number of hydrogen-bond donors (Lipinski definition) is 1. The van der Waals surface area contributed by atoms with E-state index in [-0.39, 0.29) is 20.6 Å². The Hall–Kier alpha value is -0.440. The highest BCUT2D eigenvalue weighted by Crippen LogP contribution is 2.30. The van der Waals surface area contributed by atoms with E-state index in [1.807, 2.05) is 0 Å². The Labute approximate surface area is 84.2 Å². The first-order valence-electron chi connectivity index (χ1n) is 2.96. The molecule has 0 unspecified atom stereocenters. The van der Waals surface area contributed by atoms with Gasteiger partial charge in [-0.3, -0.25) is 4.79 Å². The average molecular weight is 224 g/mol. The van der Waals surface area contributed by atoms with Gasteiger partial charge in [-0.2, -0.15) is 0 Å². The predicted octanol–water partition coefficient (Wildman–Crippen LogP) is 2.75. The van der Waals surface area contributed by atoms with Crippen molar-refractivity contribution in [3.05, 3.63) is 32.8 Å². The molecule has 0 bridgehead atoms. The number of halogens is 3. The summed E-state index contributed by atoms with van der Waals surface area (Å²) in [5.74, 6) is -0.588. The molecule has 1 aromatic carbocycles. The number of amides is 1. The van der Waals surface area contributed by atoms with Crippen LogP contribution in [0.3, 0.4) is 0 Å². The lowest BCUT2D eigenvalue weighted by molar-refractivity contribution is 0.100. The highest BCUT2D eigenvalue weighted by molar-refractivity contribution is 6.48. The van der Waals surface area contributed by atoms with E-state index in [4.69, 9.17) is 40.5 Å². The molecule has 0 saturated carbocycles. The fraction of sp³-hybridized carbons (Fsp3) is 0. The van der Waals surface area contributed by atoms with Gasteiger partial charge in [0, 0.05) is 5.56 Å². The van der Waals surface area contributed by atoms with Crippen LogP contribution in [0.2, 0.25) is 15.1 Å². The van der Waals surface area contributed by atoms with Gasteiger partial charge >= 0.3 is 0 Å². The fourth-order valence-electron chi connectivity index (χ4n) is 0.698. The molecular formula is C7H4Cl3NO. The summed E-state index contributed by atoms with van der Waals surface area (Å²) in [4.78, 5) is 10.7. The fourth-order valence-corrected chi connectivity index (χ4v) is 1.29. The van der Waals surface area contributed by atoms with Crippen molar-refractivity contribution in [2.45, 2.75) is 0 Å². The van der Waals surface area contributed by atoms with Crippen molar-refractivity contribution >= 4 is 40.7 Å². The molecule has 2 nitrogen and oxygen atoms in total. The molecule has 5 heteroatoms. The van der Waals surface area contributed by atoms with E-state index in [1.165, 1.54) is 12.1 Å². The maximum absolute atomic E-state index is 10.7. The number of benzene rings is 1. The van der Waals surface area contributed by atoms with Crippen LogP contribution < -0.4 is 5.73 Å². The minimum atomic E-state index is -0.588. The van der Waals surface area contributed by atoms with Crippen LogP contribution in [0.5, 0.6) is 0 Å². The van der Waals surface area contributed by atoms with Gasteiger partial charge in [0.05, 0.1) is 15.1 Å². The summed E-state index contributed by atoms with van der Waals surface area (Å²) in [6.45, 7) is 0. The van der Waals surface area contributed by atoms with Crippen LogP contribution in [-0.4, -0.2) is 5.91 Å². The van der Waals surface area contributed by atoms with Crippen molar-refractivity contribution in [3.63, 3.8) is 0 Å². The van der Waals surface area contributed by atoms with E-state index in [2.05, 4.69) is 0 Å². The molecule has 1 rings (SSSR count). The lowest BCUT2D eigenvalue weighted by atomic mass is 10.2. The molecule has 0 heterocycles. The monoisotopic (exact) mass is 223 g/mol. The summed E-state index contributed by atoms with van der Waals surface area (Å²) in [6.07, 6.45) is 0. The molecule has 0 aliphatic heterocycles. The lowest BCUT2D eigenvalue weighted by Crippen LogP contribution is -2.10. The Kier molecular flexibility index (Phi) is 2.83. The molecule has 1 aromatic rings. The molecule has 0 radical (unpaired) electrons. The molecule has 0 spiro atoms. The van der Waals surface area contributed by atoms with Crippen molar-refractivity contribution in [3.8, 4) is 0 Å². The second kappa shape index (κ2) is 3.52. The Morgan fingerprint density at radius 2 is 1.58 bits per heavy atom. The molecule has 64 valence electrons. The van der Waals surface area contributed by atoms with Crippen LogP contribution in [0.15, 0.2) is 12.1 Å².